The molecule has 0 radical (unpaired) electrons. The predicted octanol–water partition coefficient (Wildman–Crippen LogP) is 2.64. The SMILES string of the molecule is N[C@H](CCO)c1ccc2c(c1)Cc1ccccc1-2. The smallest absolute Gasteiger partial charge is 0.0449 e. The summed E-state index contributed by atoms with van der Waals surface area (Å²) in [6.45, 7) is 0.137. The Bertz CT molecular complexity index is 577. The molecular formula is C16H17NO. The van der Waals surface area contributed by atoms with Crippen LogP contribution in [-0.2, 0) is 6.42 Å². The zero-order chi connectivity index (χ0) is 12.5. The van der Waals surface area contributed by atoms with Crippen molar-refractivity contribution in [2.75, 3.05) is 6.61 Å². The maximum Gasteiger partial charge on any atom is 0.0449 e. The molecule has 0 fully saturated rings. The minimum Gasteiger partial charge on any atom is -0.396 e. The molecule has 0 bridgehead atoms. The van der Waals surface area contributed by atoms with Gasteiger partial charge >= 0.3 is 0 Å². The van der Waals surface area contributed by atoms with Crippen molar-refractivity contribution in [2.45, 2.75) is 18.9 Å². The van der Waals surface area contributed by atoms with Crippen LogP contribution in [0.25, 0.3) is 11.1 Å². The van der Waals surface area contributed by atoms with E-state index in [1.165, 1.54) is 22.3 Å². The molecule has 0 saturated carbocycles. The van der Waals surface area contributed by atoms with Gasteiger partial charge in [0.05, 0.1) is 0 Å². The van der Waals surface area contributed by atoms with E-state index < -0.39 is 0 Å². The van der Waals surface area contributed by atoms with Crippen LogP contribution in [0.15, 0.2) is 42.5 Å². The molecule has 2 aromatic carbocycles. The van der Waals surface area contributed by atoms with E-state index in [1.54, 1.807) is 0 Å². The summed E-state index contributed by atoms with van der Waals surface area (Å²) in [5.74, 6) is 0. The number of hydrogen-bond acceptors (Lipinski definition) is 2. The molecule has 0 unspecified atom stereocenters. The normalized spacial score (nSPS) is 14.1. The first kappa shape index (κ1) is 11.5. The molecule has 3 N–H and O–H groups in total. The van der Waals surface area contributed by atoms with Gasteiger partial charge in [0.25, 0.3) is 0 Å². The molecule has 2 nitrogen and oxygen atoms in total. The van der Waals surface area contributed by atoms with E-state index in [4.69, 9.17) is 10.8 Å². The Labute approximate surface area is 107 Å². The summed E-state index contributed by atoms with van der Waals surface area (Å²) in [5, 5.41) is 8.95. The maximum absolute atomic E-state index is 8.95. The molecule has 0 heterocycles. The van der Waals surface area contributed by atoms with Crippen LogP contribution in [0.2, 0.25) is 0 Å². The number of aliphatic hydroxyl groups is 1. The van der Waals surface area contributed by atoms with Gasteiger partial charge in [0.15, 0.2) is 0 Å². The molecule has 0 amide bonds. The summed E-state index contributed by atoms with van der Waals surface area (Å²) in [4.78, 5) is 0. The van der Waals surface area contributed by atoms with Gasteiger partial charge in [-0.15, -0.1) is 0 Å². The van der Waals surface area contributed by atoms with E-state index in [2.05, 4.69) is 42.5 Å². The van der Waals surface area contributed by atoms with Gasteiger partial charge in [-0.2, -0.15) is 0 Å². The number of benzene rings is 2. The standard InChI is InChI=1S/C16H17NO/c17-16(7-8-18)12-5-6-15-13(10-12)9-11-3-1-2-4-14(11)15/h1-6,10,16,18H,7-9,17H2/t16-/m1/s1. The second-order valence-electron chi connectivity index (χ2n) is 4.87. The van der Waals surface area contributed by atoms with Crippen LogP contribution < -0.4 is 5.73 Å². The van der Waals surface area contributed by atoms with Crippen molar-refractivity contribution in [1.82, 2.24) is 0 Å². The molecule has 1 aliphatic carbocycles. The number of nitrogens with two attached hydrogens (primary N) is 1. The number of aliphatic hydroxyl groups excluding tert-OH is 1. The summed E-state index contributed by atoms with van der Waals surface area (Å²) >= 11 is 0. The Kier molecular flexibility index (Phi) is 2.90. The second-order valence-corrected chi connectivity index (χ2v) is 4.87. The predicted molar refractivity (Wildman–Crippen MR) is 73.3 cm³/mol. The second kappa shape index (κ2) is 4.56. The zero-order valence-electron chi connectivity index (χ0n) is 10.3. The van der Waals surface area contributed by atoms with E-state index in [0.717, 1.165) is 12.0 Å². The van der Waals surface area contributed by atoms with Crippen molar-refractivity contribution < 1.29 is 5.11 Å². The Morgan fingerprint density at radius 3 is 2.67 bits per heavy atom. The van der Waals surface area contributed by atoms with Crippen LogP contribution in [0, 0.1) is 0 Å². The van der Waals surface area contributed by atoms with Crippen LogP contribution in [0.5, 0.6) is 0 Å². The molecule has 3 rings (SSSR count). The number of fused-ring (bicyclic) bond motifs is 3. The molecule has 1 atom stereocenters. The molecular weight excluding hydrogens is 222 g/mol. The Morgan fingerprint density at radius 2 is 1.83 bits per heavy atom. The fourth-order valence-corrected chi connectivity index (χ4v) is 2.70. The molecule has 2 heteroatoms. The third-order valence-corrected chi connectivity index (χ3v) is 3.69. The summed E-state index contributed by atoms with van der Waals surface area (Å²) < 4.78 is 0. The summed E-state index contributed by atoms with van der Waals surface area (Å²) in [6.07, 6.45) is 1.61. The number of hydrogen-bond donors (Lipinski definition) is 2. The van der Waals surface area contributed by atoms with Gasteiger partial charge in [-0.25, -0.2) is 0 Å². The molecule has 2 aromatic rings. The van der Waals surface area contributed by atoms with Crippen molar-refractivity contribution in [2.24, 2.45) is 5.73 Å². The van der Waals surface area contributed by atoms with Gasteiger partial charge in [-0.3, -0.25) is 0 Å². The third kappa shape index (κ3) is 1.84. The molecule has 0 saturated heterocycles. The van der Waals surface area contributed by atoms with Crippen LogP contribution >= 0.6 is 0 Å². The fraction of sp³-hybridized carbons (Fsp3) is 0.250. The highest BCUT2D eigenvalue weighted by molar-refractivity contribution is 5.76. The van der Waals surface area contributed by atoms with E-state index in [0.29, 0.717) is 6.42 Å². The maximum atomic E-state index is 8.95. The van der Waals surface area contributed by atoms with E-state index in [-0.39, 0.29) is 12.6 Å². The monoisotopic (exact) mass is 239 g/mol. The van der Waals surface area contributed by atoms with Crippen molar-refractivity contribution in [3.63, 3.8) is 0 Å². The summed E-state index contributed by atoms with van der Waals surface area (Å²) in [6, 6.07) is 14.9. The first-order chi connectivity index (χ1) is 8.79. The number of rotatable bonds is 3. The lowest BCUT2D eigenvalue weighted by molar-refractivity contribution is 0.276. The lowest BCUT2D eigenvalue weighted by atomic mass is 9.98. The van der Waals surface area contributed by atoms with E-state index in [9.17, 15) is 0 Å². The highest BCUT2D eigenvalue weighted by Crippen LogP contribution is 2.37. The minimum atomic E-state index is -0.0657. The quantitative estimate of drug-likeness (QED) is 0.738. The molecule has 18 heavy (non-hydrogen) atoms. The van der Waals surface area contributed by atoms with Crippen molar-refractivity contribution in [1.29, 1.82) is 0 Å². The third-order valence-electron chi connectivity index (χ3n) is 3.69. The topological polar surface area (TPSA) is 46.2 Å². The van der Waals surface area contributed by atoms with Gasteiger partial charge in [0.2, 0.25) is 0 Å². The molecule has 0 aliphatic heterocycles. The average Bonchev–Trinajstić information content (AvgIpc) is 2.76. The molecule has 0 aromatic heterocycles. The van der Waals surface area contributed by atoms with Gasteiger partial charge in [-0.05, 0) is 40.7 Å². The van der Waals surface area contributed by atoms with Gasteiger partial charge in [-0.1, -0.05) is 42.5 Å². The van der Waals surface area contributed by atoms with Crippen LogP contribution in [-0.4, -0.2) is 11.7 Å². The van der Waals surface area contributed by atoms with Crippen LogP contribution in [0.1, 0.15) is 29.2 Å². The van der Waals surface area contributed by atoms with Crippen LogP contribution in [0.3, 0.4) is 0 Å². The molecule has 0 spiro atoms. The van der Waals surface area contributed by atoms with Crippen molar-refractivity contribution >= 4 is 0 Å². The summed E-state index contributed by atoms with van der Waals surface area (Å²) in [5.41, 5.74) is 12.6. The fourth-order valence-electron chi connectivity index (χ4n) is 2.70. The Morgan fingerprint density at radius 1 is 1.06 bits per heavy atom. The minimum absolute atomic E-state index is 0.0657. The van der Waals surface area contributed by atoms with Crippen molar-refractivity contribution in [3.8, 4) is 11.1 Å². The zero-order valence-corrected chi connectivity index (χ0v) is 10.3. The van der Waals surface area contributed by atoms with Gasteiger partial charge in [0.1, 0.15) is 0 Å². The highest BCUT2D eigenvalue weighted by atomic mass is 16.3. The Hall–Kier alpha value is -1.64. The first-order valence-corrected chi connectivity index (χ1v) is 6.37. The van der Waals surface area contributed by atoms with Gasteiger partial charge in [0, 0.05) is 12.6 Å². The Balaban J connectivity index is 1.98. The lowest BCUT2D eigenvalue weighted by Gasteiger charge is -2.12. The highest BCUT2D eigenvalue weighted by Gasteiger charge is 2.18. The lowest BCUT2D eigenvalue weighted by Crippen LogP contribution is -2.12. The van der Waals surface area contributed by atoms with E-state index >= 15 is 0 Å². The van der Waals surface area contributed by atoms with Gasteiger partial charge < -0.3 is 10.8 Å². The van der Waals surface area contributed by atoms with E-state index in [1.807, 2.05) is 0 Å². The summed E-state index contributed by atoms with van der Waals surface area (Å²) in [7, 11) is 0. The largest absolute Gasteiger partial charge is 0.396 e. The molecule has 1 aliphatic rings. The van der Waals surface area contributed by atoms with Crippen molar-refractivity contribution in [3.05, 3.63) is 59.2 Å². The molecule has 92 valence electrons. The van der Waals surface area contributed by atoms with Crippen LogP contribution in [0.4, 0.5) is 0 Å². The first-order valence-electron chi connectivity index (χ1n) is 6.37. The average molecular weight is 239 g/mol.